The average Bonchev–Trinajstić information content (AvgIpc) is 2.77. The number of hydrogen-bond donors (Lipinski definition) is 0. The van der Waals surface area contributed by atoms with E-state index in [0.717, 1.165) is 29.5 Å². The van der Waals surface area contributed by atoms with E-state index in [4.69, 9.17) is 4.74 Å². The fraction of sp³-hybridized carbons (Fsp3) is 0.250. The van der Waals surface area contributed by atoms with E-state index in [-0.39, 0.29) is 11.7 Å². The summed E-state index contributed by atoms with van der Waals surface area (Å²) in [6.07, 6.45) is 0. The number of carbonyl (C=O) groups is 2. The molecular formula is C24H24N2O3. The van der Waals surface area contributed by atoms with E-state index in [1.165, 1.54) is 0 Å². The van der Waals surface area contributed by atoms with Gasteiger partial charge in [-0.1, -0.05) is 24.3 Å². The third kappa shape index (κ3) is 3.81. The predicted octanol–water partition coefficient (Wildman–Crippen LogP) is 4.01. The summed E-state index contributed by atoms with van der Waals surface area (Å²) in [7, 11) is 1.60. The maximum absolute atomic E-state index is 13.2. The molecule has 0 bridgehead atoms. The molecular weight excluding hydrogens is 364 g/mol. The van der Waals surface area contributed by atoms with E-state index in [0.29, 0.717) is 30.0 Å². The van der Waals surface area contributed by atoms with E-state index in [1.807, 2.05) is 65.6 Å². The predicted molar refractivity (Wildman–Crippen MR) is 115 cm³/mol. The number of piperazine rings is 1. The number of rotatable bonds is 4. The highest BCUT2D eigenvalue weighted by atomic mass is 16.5. The molecule has 0 unspecified atom stereocenters. The highest BCUT2D eigenvalue weighted by Crippen LogP contribution is 2.28. The molecule has 3 aromatic carbocycles. The highest BCUT2D eigenvalue weighted by Gasteiger charge is 2.25. The Balaban J connectivity index is 1.49. The van der Waals surface area contributed by atoms with Crippen LogP contribution in [0.4, 0.5) is 5.69 Å². The molecule has 0 spiro atoms. The topological polar surface area (TPSA) is 49.9 Å². The number of ether oxygens (including phenoxy) is 1. The van der Waals surface area contributed by atoms with Gasteiger partial charge in [-0.05, 0) is 54.1 Å². The summed E-state index contributed by atoms with van der Waals surface area (Å²) in [4.78, 5) is 28.8. The molecule has 1 saturated heterocycles. The van der Waals surface area contributed by atoms with Crippen molar-refractivity contribution >= 4 is 28.2 Å². The van der Waals surface area contributed by atoms with Crippen LogP contribution in [-0.4, -0.2) is 49.9 Å². The first-order chi connectivity index (χ1) is 14.1. The van der Waals surface area contributed by atoms with E-state index in [1.54, 1.807) is 14.0 Å². The van der Waals surface area contributed by atoms with Crippen LogP contribution in [0, 0.1) is 0 Å². The standard InChI is InChI=1S/C24H24N2O3/c1-17(27)18-7-9-21(10-8-18)25-11-13-26(14-12-25)24(28)22-15-19-5-3-4-6-20(19)16-23(22)29-2/h3-10,15-16H,11-14H2,1-2H3. The van der Waals surface area contributed by atoms with Gasteiger partial charge in [-0.3, -0.25) is 9.59 Å². The third-order valence-electron chi connectivity index (χ3n) is 5.50. The lowest BCUT2D eigenvalue weighted by Gasteiger charge is -2.36. The number of fused-ring (bicyclic) bond motifs is 1. The third-order valence-corrected chi connectivity index (χ3v) is 5.50. The zero-order chi connectivity index (χ0) is 20.4. The van der Waals surface area contributed by atoms with Crippen LogP contribution in [0.1, 0.15) is 27.6 Å². The minimum absolute atomic E-state index is 0.000759. The Morgan fingerprint density at radius 3 is 2.07 bits per heavy atom. The molecule has 1 aliphatic heterocycles. The first-order valence-corrected chi connectivity index (χ1v) is 9.79. The molecule has 0 atom stereocenters. The summed E-state index contributed by atoms with van der Waals surface area (Å²) in [5, 5.41) is 2.08. The number of hydrogen-bond acceptors (Lipinski definition) is 4. The van der Waals surface area contributed by atoms with Gasteiger partial charge in [0.05, 0.1) is 12.7 Å². The van der Waals surface area contributed by atoms with Crippen LogP contribution >= 0.6 is 0 Å². The molecule has 3 aromatic rings. The lowest BCUT2D eigenvalue weighted by Crippen LogP contribution is -2.48. The van der Waals surface area contributed by atoms with Crippen molar-refractivity contribution < 1.29 is 14.3 Å². The van der Waals surface area contributed by atoms with Crippen molar-refractivity contribution in [2.75, 3.05) is 38.2 Å². The zero-order valence-electron chi connectivity index (χ0n) is 16.7. The van der Waals surface area contributed by atoms with E-state index in [2.05, 4.69) is 4.90 Å². The van der Waals surface area contributed by atoms with Crippen molar-refractivity contribution in [3.63, 3.8) is 0 Å². The van der Waals surface area contributed by atoms with Gasteiger partial charge in [0, 0.05) is 37.4 Å². The largest absolute Gasteiger partial charge is 0.496 e. The SMILES string of the molecule is COc1cc2ccccc2cc1C(=O)N1CCN(c2ccc(C(C)=O)cc2)CC1. The number of benzene rings is 3. The van der Waals surface area contributed by atoms with Gasteiger partial charge in [-0.25, -0.2) is 0 Å². The van der Waals surface area contributed by atoms with Gasteiger partial charge in [-0.2, -0.15) is 0 Å². The summed E-state index contributed by atoms with van der Waals surface area (Å²) in [6.45, 7) is 4.36. The van der Waals surface area contributed by atoms with Crippen LogP contribution in [0.3, 0.4) is 0 Å². The van der Waals surface area contributed by atoms with Gasteiger partial charge in [0.15, 0.2) is 5.78 Å². The molecule has 0 aromatic heterocycles. The van der Waals surface area contributed by atoms with Gasteiger partial charge >= 0.3 is 0 Å². The van der Waals surface area contributed by atoms with Crippen LogP contribution in [0.5, 0.6) is 5.75 Å². The quantitative estimate of drug-likeness (QED) is 0.634. The molecule has 29 heavy (non-hydrogen) atoms. The molecule has 0 saturated carbocycles. The molecule has 1 heterocycles. The van der Waals surface area contributed by atoms with Crippen LogP contribution in [0.2, 0.25) is 0 Å². The minimum atomic E-state index is -0.000759. The molecule has 0 aliphatic carbocycles. The van der Waals surface area contributed by atoms with Crippen molar-refractivity contribution in [3.8, 4) is 5.75 Å². The monoisotopic (exact) mass is 388 g/mol. The second-order valence-electron chi connectivity index (χ2n) is 7.28. The average molecular weight is 388 g/mol. The molecule has 0 radical (unpaired) electrons. The Morgan fingerprint density at radius 1 is 0.862 bits per heavy atom. The molecule has 1 amide bonds. The number of amides is 1. The fourth-order valence-electron chi connectivity index (χ4n) is 3.80. The Labute approximate surface area is 170 Å². The van der Waals surface area contributed by atoms with Gasteiger partial charge in [-0.15, -0.1) is 0 Å². The second kappa shape index (κ2) is 7.95. The van der Waals surface area contributed by atoms with E-state index in [9.17, 15) is 9.59 Å². The maximum atomic E-state index is 13.2. The van der Waals surface area contributed by atoms with Gasteiger partial charge in [0.2, 0.25) is 0 Å². The number of nitrogens with zero attached hydrogens (tertiary/aromatic N) is 2. The molecule has 148 valence electrons. The number of anilines is 1. The number of Topliss-reactive ketones (excluding diaryl/α,β-unsaturated/α-hetero) is 1. The van der Waals surface area contributed by atoms with Crippen LogP contribution in [-0.2, 0) is 0 Å². The number of methoxy groups -OCH3 is 1. The van der Waals surface area contributed by atoms with Crippen LogP contribution in [0.25, 0.3) is 10.8 Å². The molecule has 4 rings (SSSR count). The Hall–Kier alpha value is -3.34. The lowest BCUT2D eigenvalue weighted by molar-refractivity contribution is 0.0743. The first kappa shape index (κ1) is 19.0. The van der Waals surface area contributed by atoms with Gasteiger partial charge < -0.3 is 14.5 Å². The number of ketones is 1. The summed E-state index contributed by atoms with van der Waals surface area (Å²) in [5.41, 5.74) is 2.39. The molecule has 5 nitrogen and oxygen atoms in total. The fourth-order valence-corrected chi connectivity index (χ4v) is 3.80. The molecule has 1 fully saturated rings. The maximum Gasteiger partial charge on any atom is 0.257 e. The summed E-state index contributed by atoms with van der Waals surface area (Å²) >= 11 is 0. The van der Waals surface area contributed by atoms with Crippen LogP contribution < -0.4 is 9.64 Å². The summed E-state index contributed by atoms with van der Waals surface area (Å²) in [6, 6.07) is 19.5. The van der Waals surface area contributed by atoms with E-state index < -0.39 is 0 Å². The highest BCUT2D eigenvalue weighted by molar-refractivity contribution is 6.01. The summed E-state index contributed by atoms with van der Waals surface area (Å²) in [5.74, 6) is 0.673. The molecule has 5 heteroatoms. The lowest BCUT2D eigenvalue weighted by atomic mass is 10.0. The van der Waals surface area contributed by atoms with Gasteiger partial charge in [0.1, 0.15) is 5.75 Å². The smallest absolute Gasteiger partial charge is 0.257 e. The first-order valence-electron chi connectivity index (χ1n) is 9.79. The van der Waals surface area contributed by atoms with Crippen molar-refractivity contribution in [1.29, 1.82) is 0 Å². The Kier molecular flexibility index (Phi) is 5.21. The molecule has 1 aliphatic rings. The van der Waals surface area contributed by atoms with Crippen molar-refractivity contribution in [3.05, 3.63) is 71.8 Å². The van der Waals surface area contributed by atoms with Crippen molar-refractivity contribution in [2.45, 2.75) is 6.92 Å². The van der Waals surface area contributed by atoms with Crippen molar-refractivity contribution in [2.24, 2.45) is 0 Å². The normalized spacial score (nSPS) is 14.1. The van der Waals surface area contributed by atoms with Crippen molar-refractivity contribution in [1.82, 2.24) is 4.90 Å². The van der Waals surface area contributed by atoms with E-state index >= 15 is 0 Å². The number of carbonyl (C=O) groups excluding carboxylic acids is 2. The molecule has 0 N–H and O–H groups in total. The van der Waals surface area contributed by atoms with Gasteiger partial charge in [0.25, 0.3) is 5.91 Å². The summed E-state index contributed by atoms with van der Waals surface area (Å²) < 4.78 is 5.50. The Bertz CT molecular complexity index is 1050. The minimum Gasteiger partial charge on any atom is -0.496 e. The zero-order valence-corrected chi connectivity index (χ0v) is 16.7. The van der Waals surface area contributed by atoms with Crippen LogP contribution in [0.15, 0.2) is 60.7 Å². The second-order valence-corrected chi connectivity index (χ2v) is 7.28. The Morgan fingerprint density at radius 2 is 1.48 bits per heavy atom.